The van der Waals surface area contributed by atoms with Gasteiger partial charge in [-0.15, -0.1) is 4.68 Å². The highest BCUT2D eigenvalue weighted by molar-refractivity contribution is 6.31. The SMILES string of the molecule is [2H]C([2H])([2H])n1ncc(NC(=O)C2CC2)c1-c1cnn([C@@H](CCOC(F)F)c2ccc(-c3c(-[n+]4cc(Cl)n[nH]4)ccc(Cl)c3F)cn2)c1. The van der Waals surface area contributed by atoms with E-state index in [4.69, 9.17) is 27.3 Å². The molecule has 0 aliphatic heterocycles. The highest BCUT2D eigenvalue weighted by atomic mass is 35.5. The Morgan fingerprint density at radius 1 is 1.20 bits per heavy atom. The summed E-state index contributed by atoms with van der Waals surface area (Å²) in [6, 6.07) is 5.33. The largest absolute Gasteiger partial charge is 0.345 e. The summed E-state index contributed by atoms with van der Waals surface area (Å²) in [6.45, 7) is -6.07. The average molecular weight is 650 g/mol. The van der Waals surface area contributed by atoms with Crippen LogP contribution in [0.5, 0.6) is 0 Å². The minimum Gasteiger partial charge on any atom is -0.323 e. The molecule has 2 N–H and O–H groups in total. The maximum atomic E-state index is 15.4. The van der Waals surface area contributed by atoms with E-state index in [0.717, 1.165) is 17.5 Å². The molecule has 4 heterocycles. The molecule has 228 valence electrons. The van der Waals surface area contributed by atoms with Crippen molar-refractivity contribution in [3.05, 3.63) is 76.9 Å². The molecule has 6 rings (SSSR count). The van der Waals surface area contributed by atoms with Crippen molar-refractivity contribution in [3.63, 3.8) is 0 Å². The summed E-state index contributed by atoms with van der Waals surface area (Å²) < 4.78 is 73.2. The van der Waals surface area contributed by atoms with Gasteiger partial charge in [-0.3, -0.25) is 19.1 Å². The van der Waals surface area contributed by atoms with Crippen molar-refractivity contribution in [2.75, 3.05) is 11.9 Å². The standard InChI is InChI=1S/C28H24Cl2F3N9O2/c1-40-26(20(12-35-40)37-27(43)15-2-3-15)17-11-36-41(13-17)21(8-9-44-28(32)33)19-6-4-16(10-34-19)24-22(7-5-18(29)25(24)31)42-14-23(30)38-39-42/h4-7,10-15,21,28H,2-3,8-9H2,1H3,(H,37,43)/p+1/t21-/m0/s1/i1D3. The predicted octanol–water partition coefficient (Wildman–Crippen LogP) is 5.36. The van der Waals surface area contributed by atoms with Crippen LogP contribution in [0.4, 0.5) is 18.9 Å². The molecule has 0 bridgehead atoms. The van der Waals surface area contributed by atoms with Crippen molar-refractivity contribution < 1.29 is 31.5 Å². The summed E-state index contributed by atoms with van der Waals surface area (Å²) in [5, 5.41) is 17.7. The lowest BCUT2D eigenvalue weighted by atomic mass is 10.0. The second-order valence-corrected chi connectivity index (χ2v) is 10.8. The van der Waals surface area contributed by atoms with Gasteiger partial charge < -0.3 is 10.1 Å². The van der Waals surface area contributed by atoms with Crippen LogP contribution in [0, 0.1) is 11.7 Å². The average Bonchev–Trinajstić information content (AvgIpc) is 3.38. The molecule has 11 nitrogen and oxygen atoms in total. The van der Waals surface area contributed by atoms with E-state index in [-0.39, 0.29) is 52.0 Å². The van der Waals surface area contributed by atoms with Gasteiger partial charge in [0.25, 0.3) is 0 Å². The first kappa shape index (κ1) is 26.2. The summed E-state index contributed by atoms with van der Waals surface area (Å²) >= 11 is 12.1. The summed E-state index contributed by atoms with van der Waals surface area (Å²) in [6.07, 6.45) is 8.44. The smallest absolute Gasteiger partial charge is 0.323 e. The number of carbonyl (C=O) groups excluding carboxylic acids is 1. The van der Waals surface area contributed by atoms with Crippen molar-refractivity contribution in [1.82, 2.24) is 34.9 Å². The maximum absolute atomic E-state index is 15.4. The predicted molar refractivity (Wildman–Crippen MR) is 154 cm³/mol. The van der Waals surface area contributed by atoms with Gasteiger partial charge in [0.1, 0.15) is 0 Å². The summed E-state index contributed by atoms with van der Waals surface area (Å²) in [7, 11) is 0. The second kappa shape index (κ2) is 12.4. The molecule has 4 aromatic heterocycles. The second-order valence-electron chi connectivity index (χ2n) is 9.99. The Bertz CT molecular complexity index is 1910. The number of ether oxygens (including phenoxy) is 1. The fraction of sp³-hybridized carbons (Fsp3) is 0.286. The number of carbonyl (C=O) groups is 1. The van der Waals surface area contributed by atoms with Crippen molar-refractivity contribution in [3.8, 4) is 28.1 Å². The lowest BCUT2D eigenvalue weighted by molar-refractivity contribution is -0.659. The first-order chi connectivity index (χ1) is 22.4. The number of H-pyrrole nitrogens is 1. The fourth-order valence-electron chi connectivity index (χ4n) is 4.77. The molecule has 1 saturated carbocycles. The Labute approximate surface area is 262 Å². The molecular weight excluding hydrogens is 622 g/mol. The topological polar surface area (TPSA) is 119 Å². The molecule has 44 heavy (non-hydrogen) atoms. The van der Waals surface area contributed by atoms with E-state index >= 15 is 4.39 Å². The van der Waals surface area contributed by atoms with E-state index in [9.17, 15) is 13.6 Å². The van der Waals surface area contributed by atoms with Gasteiger partial charge in [-0.1, -0.05) is 22.9 Å². The quantitative estimate of drug-likeness (QED) is 0.186. The zero-order chi connectivity index (χ0) is 33.5. The minimum absolute atomic E-state index is 0.0130. The van der Waals surface area contributed by atoms with E-state index in [0.29, 0.717) is 22.5 Å². The van der Waals surface area contributed by atoms with Crippen LogP contribution in [-0.4, -0.2) is 54.0 Å². The Morgan fingerprint density at radius 2 is 2.05 bits per heavy atom. The monoisotopic (exact) mass is 649 g/mol. The van der Waals surface area contributed by atoms with Crippen molar-refractivity contribution in [2.24, 2.45) is 12.9 Å². The molecular formula is C28H25Cl2F3N9O2+. The number of nitrogens with one attached hydrogen (secondary N) is 2. The lowest BCUT2D eigenvalue weighted by Gasteiger charge is -2.18. The Kier molecular flexibility index (Phi) is 7.36. The summed E-state index contributed by atoms with van der Waals surface area (Å²) in [4.78, 5) is 17.0. The number of aromatic nitrogens is 8. The Balaban J connectivity index is 1.36. The summed E-state index contributed by atoms with van der Waals surface area (Å²) in [5.74, 6) is -1.11. The highest BCUT2D eigenvalue weighted by Crippen LogP contribution is 2.35. The number of nitrogens with zero attached hydrogens (tertiary/aromatic N) is 7. The van der Waals surface area contributed by atoms with Crippen molar-refractivity contribution in [1.29, 1.82) is 0 Å². The highest BCUT2D eigenvalue weighted by Gasteiger charge is 2.31. The number of amides is 1. The van der Waals surface area contributed by atoms with E-state index in [1.165, 1.54) is 46.4 Å². The van der Waals surface area contributed by atoms with Crippen LogP contribution >= 0.6 is 23.2 Å². The molecule has 0 radical (unpaired) electrons. The van der Waals surface area contributed by atoms with Crippen molar-refractivity contribution in [2.45, 2.75) is 31.9 Å². The number of anilines is 1. The van der Waals surface area contributed by atoms with Gasteiger partial charge in [0, 0.05) is 40.5 Å². The van der Waals surface area contributed by atoms with Crippen LogP contribution in [0.2, 0.25) is 10.2 Å². The zero-order valence-corrected chi connectivity index (χ0v) is 24.1. The van der Waals surface area contributed by atoms with E-state index in [1.54, 1.807) is 18.2 Å². The van der Waals surface area contributed by atoms with Gasteiger partial charge in [0.15, 0.2) is 17.7 Å². The Morgan fingerprint density at radius 3 is 2.73 bits per heavy atom. The van der Waals surface area contributed by atoms with E-state index in [1.807, 2.05) is 0 Å². The molecule has 1 aliphatic carbocycles. The van der Waals surface area contributed by atoms with Gasteiger partial charge in [-0.25, -0.2) is 4.39 Å². The molecule has 16 heteroatoms. The number of halogens is 5. The molecule has 0 unspecified atom stereocenters. The van der Waals surface area contributed by atoms with Crippen LogP contribution in [0.25, 0.3) is 28.1 Å². The van der Waals surface area contributed by atoms with Crippen molar-refractivity contribution >= 4 is 34.8 Å². The fourth-order valence-corrected chi connectivity index (χ4v) is 5.06. The molecule has 0 saturated heterocycles. The number of alkyl halides is 2. The van der Waals surface area contributed by atoms with Crippen LogP contribution in [0.3, 0.4) is 0 Å². The molecule has 1 atom stereocenters. The summed E-state index contributed by atoms with van der Waals surface area (Å²) in [5.41, 5.74) is 1.71. The van der Waals surface area contributed by atoms with Gasteiger partial charge in [-0.05, 0) is 49.1 Å². The van der Waals surface area contributed by atoms with Crippen LogP contribution in [0.15, 0.2) is 55.2 Å². The Hall–Kier alpha value is -4.27. The number of aromatic amines is 1. The number of aryl methyl sites for hydroxylation is 1. The molecule has 1 fully saturated rings. The van der Waals surface area contributed by atoms with Gasteiger partial charge in [0.2, 0.25) is 5.91 Å². The number of pyridine rings is 1. The minimum atomic E-state index is -3.01. The lowest BCUT2D eigenvalue weighted by Crippen LogP contribution is -2.33. The molecule has 5 aromatic rings. The number of rotatable bonds is 11. The van der Waals surface area contributed by atoms with Gasteiger partial charge in [0.05, 0.1) is 57.8 Å². The number of benzene rings is 1. The van der Waals surface area contributed by atoms with Gasteiger partial charge in [-0.2, -0.15) is 19.0 Å². The molecule has 1 aromatic carbocycles. The third kappa shape index (κ3) is 6.18. The van der Waals surface area contributed by atoms with E-state index < -0.39 is 25.4 Å². The molecule has 0 spiro atoms. The maximum Gasteiger partial charge on any atom is 0.345 e. The van der Waals surface area contributed by atoms with Crippen LogP contribution in [0.1, 0.15) is 35.1 Å². The van der Waals surface area contributed by atoms with E-state index in [2.05, 4.69) is 35.5 Å². The first-order valence-corrected chi connectivity index (χ1v) is 14.1. The normalized spacial score (nSPS) is 15.2. The first-order valence-electron chi connectivity index (χ1n) is 14.8. The third-order valence-electron chi connectivity index (χ3n) is 7.05. The molecule has 1 aliphatic rings. The molecule has 1 amide bonds. The third-order valence-corrected chi connectivity index (χ3v) is 7.53. The number of hydrogen-bond acceptors (Lipinski definition) is 6. The number of hydrogen-bond donors (Lipinski definition) is 2. The zero-order valence-electron chi connectivity index (χ0n) is 25.6. The van der Waals surface area contributed by atoms with Crippen LogP contribution < -0.4 is 10.00 Å². The van der Waals surface area contributed by atoms with Crippen LogP contribution in [-0.2, 0) is 16.5 Å². The van der Waals surface area contributed by atoms with Gasteiger partial charge >= 0.3 is 11.8 Å².